The number of likely N-dealkylation sites (tertiary alicyclic amines) is 1. The lowest BCUT2D eigenvalue weighted by Crippen LogP contribution is -2.38. The van der Waals surface area contributed by atoms with Crippen LogP contribution in [0.4, 0.5) is 0 Å². The predicted octanol–water partition coefficient (Wildman–Crippen LogP) is 3.56. The van der Waals surface area contributed by atoms with Crippen LogP contribution in [-0.2, 0) is 0 Å². The highest BCUT2D eigenvalue weighted by atomic mass is 16.6. The van der Waals surface area contributed by atoms with Crippen molar-refractivity contribution >= 4 is 5.91 Å². The molecule has 0 saturated carbocycles. The van der Waals surface area contributed by atoms with E-state index in [1.54, 1.807) is 12.1 Å². The number of piperidine rings is 1. The quantitative estimate of drug-likeness (QED) is 0.867. The second-order valence-electron chi connectivity index (χ2n) is 5.28. The van der Waals surface area contributed by atoms with Gasteiger partial charge in [-0.2, -0.15) is 0 Å². The van der Waals surface area contributed by atoms with Crippen LogP contribution in [-0.4, -0.2) is 24.5 Å². The van der Waals surface area contributed by atoms with Gasteiger partial charge in [-0.15, -0.1) is 0 Å². The molecule has 0 N–H and O–H groups in total. The number of carbonyl (C=O) groups is 1. The standard InChI is InChI=1S/C16H19NO4/c1-11-6-7-13(20-11)12-5-3-4-10-17(12)16(18)14-8-9-15(19-2)21-14/h6-9,12H,3-5,10H2,1-2H3. The smallest absolute Gasteiger partial charge is 0.290 e. The summed E-state index contributed by atoms with van der Waals surface area (Å²) in [5.74, 6) is 2.25. The first-order valence-electron chi connectivity index (χ1n) is 7.20. The molecule has 1 atom stereocenters. The van der Waals surface area contributed by atoms with Crippen LogP contribution >= 0.6 is 0 Å². The Kier molecular flexibility index (Phi) is 3.73. The molecule has 1 aliphatic heterocycles. The Labute approximate surface area is 123 Å². The lowest BCUT2D eigenvalue weighted by molar-refractivity contribution is 0.0541. The molecule has 2 aromatic rings. The lowest BCUT2D eigenvalue weighted by Gasteiger charge is -2.33. The fourth-order valence-electron chi connectivity index (χ4n) is 2.79. The Hall–Kier alpha value is -2.17. The molecule has 0 bridgehead atoms. The van der Waals surface area contributed by atoms with Crippen molar-refractivity contribution in [3.8, 4) is 5.95 Å². The van der Waals surface area contributed by atoms with E-state index >= 15 is 0 Å². The van der Waals surface area contributed by atoms with E-state index in [9.17, 15) is 4.79 Å². The molecule has 3 heterocycles. The van der Waals surface area contributed by atoms with Crippen LogP contribution < -0.4 is 4.74 Å². The number of furan rings is 2. The molecule has 1 amide bonds. The van der Waals surface area contributed by atoms with Crippen LogP contribution in [0.3, 0.4) is 0 Å². The maximum Gasteiger partial charge on any atom is 0.290 e. The zero-order chi connectivity index (χ0) is 14.8. The van der Waals surface area contributed by atoms with E-state index in [4.69, 9.17) is 13.6 Å². The summed E-state index contributed by atoms with van der Waals surface area (Å²) >= 11 is 0. The maximum atomic E-state index is 12.7. The Morgan fingerprint density at radius 1 is 1.24 bits per heavy atom. The first kappa shape index (κ1) is 13.8. The van der Waals surface area contributed by atoms with E-state index in [1.807, 2.05) is 24.0 Å². The maximum absolute atomic E-state index is 12.7. The summed E-state index contributed by atoms with van der Waals surface area (Å²) < 4.78 is 16.1. The topological polar surface area (TPSA) is 55.8 Å². The fourth-order valence-corrected chi connectivity index (χ4v) is 2.79. The fraction of sp³-hybridized carbons (Fsp3) is 0.438. The Morgan fingerprint density at radius 2 is 2.10 bits per heavy atom. The average Bonchev–Trinajstić information content (AvgIpc) is 3.15. The predicted molar refractivity (Wildman–Crippen MR) is 76.3 cm³/mol. The van der Waals surface area contributed by atoms with Crippen molar-refractivity contribution in [2.24, 2.45) is 0 Å². The molecule has 0 radical (unpaired) electrons. The molecule has 21 heavy (non-hydrogen) atoms. The van der Waals surface area contributed by atoms with Crippen LogP contribution in [0.2, 0.25) is 0 Å². The van der Waals surface area contributed by atoms with Crippen LogP contribution in [0.1, 0.15) is 47.4 Å². The number of ether oxygens (including phenoxy) is 1. The number of hydrogen-bond acceptors (Lipinski definition) is 4. The average molecular weight is 289 g/mol. The summed E-state index contributed by atoms with van der Waals surface area (Å²) in [6.45, 7) is 2.63. The van der Waals surface area contributed by atoms with E-state index in [2.05, 4.69) is 0 Å². The van der Waals surface area contributed by atoms with Crippen LogP contribution in [0.5, 0.6) is 5.95 Å². The van der Waals surface area contributed by atoms with Crippen molar-refractivity contribution in [2.45, 2.75) is 32.2 Å². The van der Waals surface area contributed by atoms with Gasteiger partial charge in [0.2, 0.25) is 0 Å². The molecule has 5 heteroatoms. The van der Waals surface area contributed by atoms with Crippen molar-refractivity contribution in [2.75, 3.05) is 13.7 Å². The highest BCUT2D eigenvalue weighted by Gasteiger charge is 2.32. The summed E-state index contributed by atoms with van der Waals surface area (Å²) in [6.07, 6.45) is 3.01. The van der Waals surface area contributed by atoms with Crippen molar-refractivity contribution in [3.05, 3.63) is 41.5 Å². The minimum absolute atomic E-state index is 0.0176. The van der Waals surface area contributed by atoms with Crippen molar-refractivity contribution in [1.29, 1.82) is 0 Å². The third-order valence-corrected chi connectivity index (χ3v) is 3.85. The minimum Gasteiger partial charge on any atom is -0.468 e. The minimum atomic E-state index is -0.114. The monoisotopic (exact) mass is 289 g/mol. The highest BCUT2D eigenvalue weighted by Crippen LogP contribution is 2.33. The number of methoxy groups -OCH3 is 1. The van der Waals surface area contributed by atoms with Gasteiger partial charge < -0.3 is 18.5 Å². The lowest BCUT2D eigenvalue weighted by atomic mass is 9.99. The van der Waals surface area contributed by atoms with Crippen molar-refractivity contribution in [3.63, 3.8) is 0 Å². The van der Waals surface area contributed by atoms with Crippen LogP contribution in [0.15, 0.2) is 33.1 Å². The summed E-state index contributed by atoms with van der Waals surface area (Å²) in [7, 11) is 1.52. The van der Waals surface area contributed by atoms with Gasteiger partial charge in [-0.1, -0.05) is 0 Å². The first-order chi connectivity index (χ1) is 10.2. The molecule has 3 rings (SSSR count). The van der Waals surface area contributed by atoms with Gasteiger partial charge in [0, 0.05) is 12.6 Å². The molecule has 0 aliphatic carbocycles. The van der Waals surface area contributed by atoms with E-state index in [0.717, 1.165) is 30.8 Å². The summed E-state index contributed by atoms with van der Waals surface area (Å²) in [6, 6.07) is 7.18. The Morgan fingerprint density at radius 3 is 2.76 bits per heavy atom. The SMILES string of the molecule is COc1ccc(C(=O)N2CCCCC2c2ccc(C)o2)o1. The van der Waals surface area contributed by atoms with Gasteiger partial charge >= 0.3 is 0 Å². The Balaban J connectivity index is 1.85. The van der Waals surface area contributed by atoms with Gasteiger partial charge in [-0.3, -0.25) is 4.79 Å². The molecule has 1 aliphatic rings. The third-order valence-electron chi connectivity index (χ3n) is 3.85. The molecule has 1 unspecified atom stereocenters. The second-order valence-corrected chi connectivity index (χ2v) is 5.28. The summed E-state index contributed by atoms with van der Waals surface area (Å²) in [5.41, 5.74) is 0. The number of hydrogen-bond donors (Lipinski definition) is 0. The molecule has 0 aromatic carbocycles. The zero-order valence-corrected chi connectivity index (χ0v) is 12.3. The molecule has 1 saturated heterocycles. The van der Waals surface area contributed by atoms with E-state index in [1.165, 1.54) is 7.11 Å². The van der Waals surface area contributed by atoms with E-state index in [0.29, 0.717) is 18.3 Å². The number of rotatable bonds is 3. The molecule has 2 aromatic heterocycles. The van der Waals surface area contributed by atoms with E-state index in [-0.39, 0.29) is 11.9 Å². The highest BCUT2D eigenvalue weighted by molar-refractivity contribution is 5.92. The Bertz CT molecular complexity index is 628. The van der Waals surface area contributed by atoms with Gasteiger partial charge in [-0.25, -0.2) is 0 Å². The summed E-state index contributed by atoms with van der Waals surface area (Å²) in [5, 5.41) is 0. The molecule has 112 valence electrons. The molecule has 5 nitrogen and oxygen atoms in total. The number of amides is 1. The number of carbonyl (C=O) groups excluding carboxylic acids is 1. The molecular weight excluding hydrogens is 270 g/mol. The van der Waals surface area contributed by atoms with Gasteiger partial charge in [0.25, 0.3) is 11.9 Å². The van der Waals surface area contributed by atoms with Crippen molar-refractivity contribution in [1.82, 2.24) is 4.90 Å². The number of nitrogens with zero attached hydrogens (tertiary/aromatic N) is 1. The second kappa shape index (κ2) is 5.68. The molecular formula is C16H19NO4. The molecule has 0 spiro atoms. The van der Waals surface area contributed by atoms with Crippen LogP contribution in [0, 0.1) is 6.92 Å². The normalized spacial score (nSPS) is 18.8. The number of aryl methyl sites for hydroxylation is 1. The molecule has 1 fully saturated rings. The van der Waals surface area contributed by atoms with Gasteiger partial charge in [0.1, 0.15) is 11.5 Å². The zero-order valence-electron chi connectivity index (χ0n) is 12.3. The first-order valence-corrected chi connectivity index (χ1v) is 7.20. The summed E-state index contributed by atoms with van der Waals surface area (Å²) in [4.78, 5) is 14.5. The van der Waals surface area contributed by atoms with E-state index < -0.39 is 0 Å². The van der Waals surface area contributed by atoms with Gasteiger partial charge in [0.05, 0.1) is 13.2 Å². The van der Waals surface area contributed by atoms with Crippen molar-refractivity contribution < 1.29 is 18.4 Å². The van der Waals surface area contributed by atoms with Gasteiger partial charge in [0.15, 0.2) is 5.76 Å². The van der Waals surface area contributed by atoms with Gasteiger partial charge in [-0.05, 0) is 44.4 Å². The van der Waals surface area contributed by atoms with Crippen LogP contribution in [0.25, 0.3) is 0 Å². The largest absolute Gasteiger partial charge is 0.468 e. The third kappa shape index (κ3) is 2.68.